The average molecular weight is 285 g/mol. The van der Waals surface area contributed by atoms with Crippen molar-refractivity contribution < 1.29 is 0 Å². The van der Waals surface area contributed by atoms with Gasteiger partial charge in [0.25, 0.3) is 0 Å². The van der Waals surface area contributed by atoms with E-state index < -0.39 is 0 Å². The highest BCUT2D eigenvalue weighted by molar-refractivity contribution is 7.99. The molecule has 2 aromatic heterocycles. The molecule has 0 saturated carbocycles. The maximum absolute atomic E-state index is 4.33. The van der Waals surface area contributed by atoms with Gasteiger partial charge >= 0.3 is 0 Å². The molecule has 1 aromatic carbocycles. The van der Waals surface area contributed by atoms with Crippen molar-refractivity contribution >= 4 is 17.7 Å². The van der Waals surface area contributed by atoms with Crippen LogP contribution < -0.4 is 5.32 Å². The molecule has 8 heteroatoms. The van der Waals surface area contributed by atoms with Crippen molar-refractivity contribution in [2.45, 2.75) is 10.2 Å². The Balaban J connectivity index is 1.90. The summed E-state index contributed by atoms with van der Waals surface area (Å²) in [5, 5.41) is 16.1. The predicted molar refractivity (Wildman–Crippen MR) is 74.9 cm³/mol. The molecule has 1 N–H and O–H groups in total. The summed E-state index contributed by atoms with van der Waals surface area (Å²) in [4.78, 5) is 8.41. The smallest absolute Gasteiger partial charge is 0.223 e. The molecule has 0 aliphatic carbocycles. The summed E-state index contributed by atoms with van der Waals surface area (Å²) < 4.78 is 1.67. The molecule has 0 atom stereocenters. The Kier molecular flexibility index (Phi) is 3.55. The van der Waals surface area contributed by atoms with Crippen molar-refractivity contribution in [2.24, 2.45) is 0 Å². The second kappa shape index (κ2) is 5.66. The van der Waals surface area contributed by atoms with Gasteiger partial charge in [0.2, 0.25) is 11.1 Å². The number of nitrogens with one attached hydrogen (secondary N) is 1. The third kappa shape index (κ3) is 2.59. The lowest BCUT2D eigenvalue weighted by Crippen LogP contribution is -1.99. The summed E-state index contributed by atoms with van der Waals surface area (Å²) in [5.74, 6) is 0.564. The van der Waals surface area contributed by atoms with Crippen molar-refractivity contribution in [3.63, 3.8) is 0 Å². The largest absolute Gasteiger partial charge is 0.357 e. The lowest BCUT2D eigenvalue weighted by Gasteiger charge is -2.04. The van der Waals surface area contributed by atoms with Crippen LogP contribution in [-0.2, 0) is 0 Å². The van der Waals surface area contributed by atoms with Crippen LogP contribution in [-0.4, -0.2) is 37.2 Å². The first-order valence-electron chi connectivity index (χ1n) is 5.89. The van der Waals surface area contributed by atoms with Gasteiger partial charge in [-0.05, 0) is 40.4 Å². The molecule has 2 heterocycles. The molecular weight excluding hydrogens is 274 g/mol. The van der Waals surface area contributed by atoms with Gasteiger partial charge in [-0.15, -0.1) is 5.10 Å². The van der Waals surface area contributed by atoms with E-state index in [0.717, 1.165) is 10.7 Å². The number of hydrogen-bond donors (Lipinski definition) is 1. The Labute approximate surface area is 119 Å². The maximum Gasteiger partial charge on any atom is 0.223 e. The molecule has 0 fully saturated rings. The van der Waals surface area contributed by atoms with E-state index in [1.54, 1.807) is 17.9 Å². The van der Waals surface area contributed by atoms with E-state index in [4.69, 9.17) is 0 Å². The van der Waals surface area contributed by atoms with Crippen molar-refractivity contribution in [1.82, 2.24) is 30.2 Å². The monoisotopic (exact) mass is 285 g/mol. The van der Waals surface area contributed by atoms with E-state index in [-0.39, 0.29) is 0 Å². The van der Waals surface area contributed by atoms with Crippen molar-refractivity contribution in [1.29, 1.82) is 0 Å². The fourth-order valence-electron chi connectivity index (χ4n) is 1.59. The molecule has 0 bridgehead atoms. The molecule has 0 saturated heterocycles. The molecule has 7 nitrogen and oxygen atoms in total. The van der Waals surface area contributed by atoms with Crippen molar-refractivity contribution in [3.05, 3.63) is 42.6 Å². The minimum absolute atomic E-state index is 0.564. The first-order chi connectivity index (χ1) is 9.86. The van der Waals surface area contributed by atoms with Crippen LogP contribution in [0.5, 0.6) is 0 Å². The number of rotatable bonds is 4. The number of aromatic nitrogens is 6. The van der Waals surface area contributed by atoms with Gasteiger partial charge in [-0.1, -0.05) is 18.2 Å². The molecule has 0 radical (unpaired) electrons. The quantitative estimate of drug-likeness (QED) is 0.730. The average Bonchev–Trinajstić information content (AvgIpc) is 2.96. The van der Waals surface area contributed by atoms with Crippen LogP contribution in [0, 0.1) is 0 Å². The Bertz CT molecular complexity index is 698. The Morgan fingerprint density at radius 1 is 1.15 bits per heavy atom. The Morgan fingerprint density at radius 3 is 2.80 bits per heavy atom. The number of anilines is 1. The molecule has 20 heavy (non-hydrogen) atoms. The molecule has 0 aliphatic rings. The summed E-state index contributed by atoms with van der Waals surface area (Å²) in [5.41, 5.74) is 0.905. The predicted octanol–water partition coefficient (Wildman–Crippen LogP) is 1.65. The lowest BCUT2D eigenvalue weighted by atomic mass is 10.3. The second-order valence-electron chi connectivity index (χ2n) is 3.78. The van der Waals surface area contributed by atoms with Gasteiger partial charge in [-0.2, -0.15) is 4.68 Å². The van der Waals surface area contributed by atoms with E-state index in [0.29, 0.717) is 11.1 Å². The molecule has 0 spiro atoms. The molecule has 100 valence electrons. The zero-order valence-corrected chi connectivity index (χ0v) is 11.4. The molecule has 3 rings (SSSR count). The molecule has 0 aliphatic heterocycles. The van der Waals surface area contributed by atoms with E-state index in [1.165, 1.54) is 11.8 Å². The summed E-state index contributed by atoms with van der Waals surface area (Å²) in [6.45, 7) is 0. The minimum atomic E-state index is 0.564. The van der Waals surface area contributed by atoms with Gasteiger partial charge in [0.1, 0.15) is 5.03 Å². The van der Waals surface area contributed by atoms with Crippen LogP contribution in [0.2, 0.25) is 0 Å². The minimum Gasteiger partial charge on any atom is -0.357 e. The fourth-order valence-corrected chi connectivity index (χ4v) is 2.34. The zero-order chi connectivity index (χ0) is 13.8. The zero-order valence-electron chi connectivity index (χ0n) is 10.6. The van der Waals surface area contributed by atoms with Crippen LogP contribution in [0.3, 0.4) is 0 Å². The van der Waals surface area contributed by atoms with E-state index in [9.17, 15) is 0 Å². The second-order valence-corrected chi connectivity index (χ2v) is 4.77. The number of para-hydroxylation sites is 1. The summed E-state index contributed by atoms with van der Waals surface area (Å²) >= 11 is 1.38. The van der Waals surface area contributed by atoms with Gasteiger partial charge in [0.05, 0.1) is 5.69 Å². The SMILES string of the molecule is CNc1nccc(Sc2nnnn2-c2ccccc2)n1. The van der Waals surface area contributed by atoms with Gasteiger partial charge in [-0.25, -0.2) is 9.97 Å². The Morgan fingerprint density at radius 2 is 2.00 bits per heavy atom. The van der Waals surface area contributed by atoms with Gasteiger partial charge in [-0.3, -0.25) is 0 Å². The number of tetrazole rings is 1. The highest BCUT2D eigenvalue weighted by Gasteiger charge is 2.11. The fraction of sp³-hybridized carbons (Fsp3) is 0.0833. The van der Waals surface area contributed by atoms with Crippen molar-refractivity contribution in [2.75, 3.05) is 12.4 Å². The van der Waals surface area contributed by atoms with Crippen LogP contribution in [0.25, 0.3) is 5.69 Å². The summed E-state index contributed by atoms with van der Waals surface area (Å²) in [6.07, 6.45) is 1.69. The number of hydrogen-bond acceptors (Lipinski definition) is 7. The first kappa shape index (κ1) is 12.5. The van der Waals surface area contributed by atoms with Gasteiger partial charge in [0, 0.05) is 13.2 Å². The van der Waals surface area contributed by atoms with E-state index in [1.807, 2.05) is 36.4 Å². The van der Waals surface area contributed by atoms with Gasteiger partial charge in [0.15, 0.2) is 0 Å². The number of benzene rings is 1. The number of nitrogens with zero attached hydrogens (tertiary/aromatic N) is 6. The van der Waals surface area contributed by atoms with E-state index in [2.05, 4.69) is 30.8 Å². The lowest BCUT2D eigenvalue weighted by molar-refractivity contribution is 0.756. The van der Waals surface area contributed by atoms with Crippen LogP contribution >= 0.6 is 11.8 Å². The standard InChI is InChI=1S/C12H11N7S/c1-13-11-14-8-7-10(15-11)20-12-16-17-18-19(12)9-5-3-2-4-6-9/h2-8H,1H3,(H,13,14,15). The first-order valence-corrected chi connectivity index (χ1v) is 6.71. The van der Waals surface area contributed by atoms with Crippen LogP contribution in [0.1, 0.15) is 0 Å². The highest BCUT2D eigenvalue weighted by Crippen LogP contribution is 2.25. The van der Waals surface area contributed by atoms with E-state index >= 15 is 0 Å². The molecule has 0 unspecified atom stereocenters. The molecular formula is C12H11N7S. The third-order valence-electron chi connectivity index (χ3n) is 2.49. The molecule has 0 amide bonds. The molecule has 3 aromatic rings. The summed E-state index contributed by atoms with van der Waals surface area (Å²) in [6, 6.07) is 11.5. The highest BCUT2D eigenvalue weighted by atomic mass is 32.2. The third-order valence-corrected chi connectivity index (χ3v) is 3.36. The van der Waals surface area contributed by atoms with Crippen LogP contribution in [0.15, 0.2) is 52.8 Å². The topological polar surface area (TPSA) is 81.4 Å². The summed E-state index contributed by atoms with van der Waals surface area (Å²) in [7, 11) is 1.78. The normalized spacial score (nSPS) is 10.4. The van der Waals surface area contributed by atoms with Crippen LogP contribution in [0.4, 0.5) is 5.95 Å². The maximum atomic E-state index is 4.33. The van der Waals surface area contributed by atoms with Gasteiger partial charge < -0.3 is 5.32 Å². The Hall–Kier alpha value is -2.48. The van der Waals surface area contributed by atoms with Crippen molar-refractivity contribution in [3.8, 4) is 5.69 Å².